The summed E-state index contributed by atoms with van der Waals surface area (Å²) in [6.07, 6.45) is 2.82. The Kier molecular flexibility index (Phi) is 5.79. The summed E-state index contributed by atoms with van der Waals surface area (Å²) in [6, 6.07) is 15.4. The lowest BCUT2D eigenvalue weighted by molar-refractivity contribution is -0.128. The van der Waals surface area contributed by atoms with Crippen LogP contribution in [0.3, 0.4) is 0 Å². The van der Waals surface area contributed by atoms with Crippen LogP contribution in [0.1, 0.15) is 26.7 Å². The number of hydrogen-bond acceptors (Lipinski definition) is 4. The molecule has 26 heavy (non-hydrogen) atoms. The first-order valence-electron chi connectivity index (χ1n) is 8.98. The number of carbonyl (C=O) groups is 1. The second-order valence-corrected chi connectivity index (χ2v) is 6.07. The van der Waals surface area contributed by atoms with Crippen molar-refractivity contribution in [2.45, 2.75) is 32.8 Å². The van der Waals surface area contributed by atoms with Crippen molar-refractivity contribution in [1.82, 2.24) is 15.3 Å². The fourth-order valence-electron chi connectivity index (χ4n) is 2.65. The third kappa shape index (κ3) is 4.17. The third-order valence-electron chi connectivity index (χ3n) is 4.09. The van der Waals surface area contributed by atoms with Gasteiger partial charge in [0.2, 0.25) is 0 Å². The third-order valence-corrected chi connectivity index (χ3v) is 4.09. The fourth-order valence-corrected chi connectivity index (χ4v) is 2.65. The number of carbonyl (C=O) groups excluding carboxylic acids is 1. The smallest absolute Gasteiger partial charge is 0.261 e. The van der Waals surface area contributed by atoms with Gasteiger partial charge in [0.15, 0.2) is 6.10 Å². The Morgan fingerprint density at radius 2 is 1.81 bits per heavy atom. The van der Waals surface area contributed by atoms with Crippen LogP contribution in [0.25, 0.3) is 22.3 Å². The summed E-state index contributed by atoms with van der Waals surface area (Å²) in [5, 5.41) is 2.88. The van der Waals surface area contributed by atoms with Gasteiger partial charge in [-0.2, -0.15) is 0 Å². The highest BCUT2D eigenvalue weighted by molar-refractivity contribution is 5.81. The van der Waals surface area contributed by atoms with Gasteiger partial charge in [0, 0.05) is 12.1 Å². The Labute approximate surface area is 153 Å². The minimum atomic E-state index is -0.479. The lowest BCUT2D eigenvalue weighted by Crippen LogP contribution is -2.38. The monoisotopic (exact) mass is 349 g/mol. The van der Waals surface area contributed by atoms with Crippen LogP contribution >= 0.6 is 0 Å². The van der Waals surface area contributed by atoms with Gasteiger partial charge in [0.1, 0.15) is 5.75 Å². The van der Waals surface area contributed by atoms with Crippen molar-refractivity contribution in [3.8, 4) is 17.0 Å². The van der Waals surface area contributed by atoms with E-state index in [2.05, 4.69) is 15.3 Å². The van der Waals surface area contributed by atoms with Gasteiger partial charge < -0.3 is 10.1 Å². The molecular weight excluding hydrogens is 326 g/mol. The highest BCUT2D eigenvalue weighted by Crippen LogP contribution is 2.23. The zero-order chi connectivity index (χ0) is 18.4. The van der Waals surface area contributed by atoms with E-state index in [9.17, 15) is 4.79 Å². The number of hydrogen-bond donors (Lipinski definition) is 1. The molecular formula is C21H23N3O2. The van der Waals surface area contributed by atoms with Crippen molar-refractivity contribution < 1.29 is 9.53 Å². The van der Waals surface area contributed by atoms with Crippen LogP contribution < -0.4 is 10.1 Å². The first-order valence-corrected chi connectivity index (χ1v) is 8.98. The van der Waals surface area contributed by atoms with Gasteiger partial charge >= 0.3 is 0 Å². The number of para-hydroxylation sites is 2. The van der Waals surface area contributed by atoms with E-state index in [0.717, 1.165) is 28.7 Å². The Hall–Kier alpha value is -2.95. The van der Waals surface area contributed by atoms with E-state index in [1.54, 1.807) is 6.20 Å². The average Bonchev–Trinajstić information content (AvgIpc) is 2.70. The summed E-state index contributed by atoms with van der Waals surface area (Å²) in [6.45, 7) is 4.63. The van der Waals surface area contributed by atoms with Gasteiger partial charge in [-0.15, -0.1) is 0 Å². The van der Waals surface area contributed by atoms with Crippen molar-refractivity contribution in [2.24, 2.45) is 0 Å². The molecule has 3 aromatic rings. The molecule has 1 amide bonds. The van der Waals surface area contributed by atoms with Crippen LogP contribution in [-0.4, -0.2) is 28.5 Å². The number of amides is 1. The SMILES string of the molecule is CCCNC(=O)C(CC)Oc1ccc(-c2cnc3ccccc3n2)cc1. The number of rotatable bonds is 7. The zero-order valence-corrected chi connectivity index (χ0v) is 15.1. The first kappa shape index (κ1) is 17.9. The molecule has 0 saturated heterocycles. The van der Waals surface area contributed by atoms with Crippen LogP contribution in [0.2, 0.25) is 0 Å². The number of nitrogens with zero attached hydrogens (tertiary/aromatic N) is 2. The van der Waals surface area contributed by atoms with Crippen molar-refractivity contribution in [3.63, 3.8) is 0 Å². The molecule has 2 aromatic carbocycles. The molecule has 0 bridgehead atoms. The quantitative estimate of drug-likeness (QED) is 0.701. The molecule has 0 spiro atoms. The summed E-state index contributed by atoms with van der Waals surface area (Å²) in [4.78, 5) is 21.2. The number of benzene rings is 2. The second-order valence-electron chi connectivity index (χ2n) is 6.07. The van der Waals surface area contributed by atoms with E-state index in [1.165, 1.54) is 0 Å². The number of aromatic nitrogens is 2. The molecule has 0 radical (unpaired) electrons. The van der Waals surface area contributed by atoms with E-state index < -0.39 is 6.10 Å². The molecule has 1 N–H and O–H groups in total. The Bertz CT molecular complexity index is 878. The standard InChI is InChI=1S/C21H23N3O2/c1-3-13-22-21(25)20(4-2)26-16-11-9-15(10-12-16)19-14-23-17-7-5-6-8-18(17)24-19/h5-12,14,20H,3-4,13H2,1-2H3,(H,22,25). The molecule has 1 unspecified atom stereocenters. The maximum Gasteiger partial charge on any atom is 0.261 e. The topological polar surface area (TPSA) is 64.1 Å². The van der Waals surface area contributed by atoms with Gasteiger partial charge in [0.05, 0.1) is 22.9 Å². The van der Waals surface area contributed by atoms with Gasteiger partial charge in [-0.05, 0) is 49.2 Å². The van der Waals surface area contributed by atoms with E-state index >= 15 is 0 Å². The number of ether oxygens (including phenoxy) is 1. The molecule has 0 aliphatic heterocycles. The van der Waals surface area contributed by atoms with Crippen molar-refractivity contribution in [1.29, 1.82) is 0 Å². The molecule has 0 aliphatic rings. The number of fused-ring (bicyclic) bond motifs is 1. The fraction of sp³-hybridized carbons (Fsp3) is 0.286. The van der Waals surface area contributed by atoms with Crippen LogP contribution in [0, 0.1) is 0 Å². The van der Waals surface area contributed by atoms with Gasteiger partial charge in [-0.25, -0.2) is 4.98 Å². The highest BCUT2D eigenvalue weighted by atomic mass is 16.5. The Morgan fingerprint density at radius 1 is 1.08 bits per heavy atom. The summed E-state index contributed by atoms with van der Waals surface area (Å²) < 4.78 is 5.84. The minimum absolute atomic E-state index is 0.0705. The summed E-state index contributed by atoms with van der Waals surface area (Å²) in [5.74, 6) is 0.597. The maximum atomic E-state index is 12.1. The minimum Gasteiger partial charge on any atom is -0.481 e. The maximum absolute atomic E-state index is 12.1. The van der Waals surface area contributed by atoms with Crippen LogP contribution in [0.4, 0.5) is 0 Å². The van der Waals surface area contributed by atoms with Gasteiger partial charge in [-0.1, -0.05) is 26.0 Å². The first-order chi connectivity index (χ1) is 12.7. The predicted octanol–water partition coefficient (Wildman–Crippen LogP) is 3.98. The van der Waals surface area contributed by atoms with Gasteiger partial charge in [0.25, 0.3) is 5.91 Å². The van der Waals surface area contributed by atoms with E-state index in [4.69, 9.17) is 4.74 Å². The van der Waals surface area contributed by atoms with Crippen molar-refractivity contribution in [3.05, 3.63) is 54.7 Å². The number of nitrogens with one attached hydrogen (secondary N) is 1. The largest absolute Gasteiger partial charge is 0.481 e. The molecule has 5 heteroatoms. The Morgan fingerprint density at radius 3 is 2.50 bits per heavy atom. The molecule has 1 aromatic heterocycles. The Balaban J connectivity index is 1.73. The molecule has 0 saturated carbocycles. The van der Waals surface area contributed by atoms with E-state index in [-0.39, 0.29) is 5.91 Å². The van der Waals surface area contributed by atoms with Crippen LogP contribution in [0.5, 0.6) is 5.75 Å². The molecule has 0 aliphatic carbocycles. The summed E-state index contributed by atoms with van der Waals surface area (Å²) in [7, 11) is 0. The van der Waals surface area contributed by atoms with Gasteiger partial charge in [-0.3, -0.25) is 9.78 Å². The molecule has 3 rings (SSSR count). The molecule has 134 valence electrons. The second kappa shape index (κ2) is 8.43. The average molecular weight is 349 g/mol. The lowest BCUT2D eigenvalue weighted by Gasteiger charge is -2.17. The van der Waals surface area contributed by atoms with E-state index in [1.807, 2.05) is 62.4 Å². The molecule has 5 nitrogen and oxygen atoms in total. The molecule has 0 fully saturated rings. The van der Waals surface area contributed by atoms with Crippen molar-refractivity contribution in [2.75, 3.05) is 6.54 Å². The highest BCUT2D eigenvalue weighted by Gasteiger charge is 2.17. The van der Waals surface area contributed by atoms with Crippen LogP contribution in [0.15, 0.2) is 54.7 Å². The lowest BCUT2D eigenvalue weighted by atomic mass is 10.1. The molecule has 1 heterocycles. The van der Waals surface area contributed by atoms with Crippen molar-refractivity contribution >= 4 is 16.9 Å². The normalized spacial score (nSPS) is 11.9. The zero-order valence-electron chi connectivity index (χ0n) is 15.1. The predicted molar refractivity (Wildman–Crippen MR) is 103 cm³/mol. The summed E-state index contributed by atoms with van der Waals surface area (Å²) >= 11 is 0. The van der Waals surface area contributed by atoms with Crippen LogP contribution in [-0.2, 0) is 4.79 Å². The summed E-state index contributed by atoms with van der Waals surface area (Å²) in [5.41, 5.74) is 3.51. The van der Waals surface area contributed by atoms with E-state index in [0.29, 0.717) is 18.7 Å². The molecule has 1 atom stereocenters.